The molecule has 2 heterocycles. The number of esters is 1. The lowest BCUT2D eigenvalue weighted by Crippen LogP contribution is -2.54. The fraction of sp³-hybridized carbons (Fsp3) is 0.154. The summed E-state index contributed by atoms with van der Waals surface area (Å²) in [7, 11) is 0. The predicted octanol–water partition coefficient (Wildman–Crippen LogP) is 4.76. The van der Waals surface area contributed by atoms with Crippen molar-refractivity contribution >= 4 is 58.5 Å². The van der Waals surface area contributed by atoms with Crippen LogP contribution in [0.4, 0.5) is 5.69 Å². The molecule has 7 nitrogen and oxygen atoms in total. The summed E-state index contributed by atoms with van der Waals surface area (Å²) in [4.78, 5) is 39.2. The second kappa shape index (κ2) is 9.85. The summed E-state index contributed by atoms with van der Waals surface area (Å²) in [5.41, 5.74) is 4.13. The van der Waals surface area contributed by atoms with Crippen LogP contribution in [0.3, 0.4) is 0 Å². The minimum Gasteiger partial charge on any atom is -0.462 e. The molecule has 0 spiro atoms. The van der Waals surface area contributed by atoms with Crippen LogP contribution in [0, 0.1) is 13.8 Å². The Bertz CT molecular complexity index is 1390. The largest absolute Gasteiger partial charge is 0.462 e. The molecular weight excluding hydrogens is 486 g/mol. The number of halogens is 1. The molecule has 0 unspecified atom stereocenters. The van der Waals surface area contributed by atoms with E-state index in [0.29, 0.717) is 28.4 Å². The van der Waals surface area contributed by atoms with E-state index >= 15 is 0 Å². The van der Waals surface area contributed by atoms with Gasteiger partial charge in [0.15, 0.2) is 5.11 Å². The van der Waals surface area contributed by atoms with Gasteiger partial charge in [-0.2, -0.15) is 0 Å². The van der Waals surface area contributed by atoms with Crippen molar-refractivity contribution in [2.45, 2.75) is 20.8 Å². The van der Waals surface area contributed by atoms with Crippen LogP contribution < -0.4 is 10.2 Å². The Kier molecular flexibility index (Phi) is 6.86. The average molecular weight is 508 g/mol. The standard InChI is InChI=1S/C26H22ClN3O4S/c1-4-34-25(33)17-8-10-20(11-9-17)29-15(2)12-18(16(29)3)13-22-23(31)28-26(35)30(24(22)32)21-7-5-6-19(27)14-21/h5-14H,4H2,1-3H3,(H,28,31,35). The third-order valence-corrected chi connectivity index (χ3v) is 6.09. The molecule has 2 aromatic carbocycles. The zero-order valence-electron chi connectivity index (χ0n) is 19.3. The Morgan fingerprint density at radius 1 is 1.09 bits per heavy atom. The van der Waals surface area contributed by atoms with Crippen LogP contribution in [-0.4, -0.2) is 34.1 Å². The van der Waals surface area contributed by atoms with Crippen molar-refractivity contribution in [3.8, 4) is 5.69 Å². The van der Waals surface area contributed by atoms with E-state index < -0.39 is 11.8 Å². The van der Waals surface area contributed by atoms with Crippen molar-refractivity contribution in [2.75, 3.05) is 11.5 Å². The highest BCUT2D eigenvalue weighted by atomic mass is 35.5. The Morgan fingerprint density at radius 2 is 1.80 bits per heavy atom. The smallest absolute Gasteiger partial charge is 0.338 e. The Labute approximate surface area is 212 Å². The summed E-state index contributed by atoms with van der Waals surface area (Å²) in [6, 6.07) is 15.6. The molecule has 1 fully saturated rings. The van der Waals surface area contributed by atoms with Crippen LogP contribution in [0.5, 0.6) is 0 Å². The summed E-state index contributed by atoms with van der Waals surface area (Å²) >= 11 is 11.3. The molecule has 0 atom stereocenters. The topological polar surface area (TPSA) is 80.6 Å². The first-order valence-electron chi connectivity index (χ1n) is 10.8. The normalized spacial score (nSPS) is 14.9. The fourth-order valence-corrected chi connectivity index (χ4v) is 4.42. The van der Waals surface area contributed by atoms with Gasteiger partial charge in [0.1, 0.15) is 5.57 Å². The Morgan fingerprint density at radius 3 is 2.46 bits per heavy atom. The molecule has 9 heteroatoms. The van der Waals surface area contributed by atoms with Gasteiger partial charge in [0.25, 0.3) is 11.8 Å². The number of carbonyl (C=O) groups is 3. The molecule has 4 rings (SSSR count). The van der Waals surface area contributed by atoms with Crippen LogP contribution in [0.25, 0.3) is 11.8 Å². The van der Waals surface area contributed by atoms with E-state index in [2.05, 4.69) is 5.32 Å². The van der Waals surface area contributed by atoms with E-state index in [1.165, 1.54) is 4.90 Å². The first-order valence-corrected chi connectivity index (χ1v) is 11.6. The number of nitrogens with zero attached hydrogens (tertiary/aromatic N) is 2. The van der Waals surface area contributed by atoms with Gasteiger partial charge in [-0.1, -0.05) is 17.7 Å². The molecular formula is C26H22ClN3O4S. The number of anilines is 1. The molecule has 0 aliphatic carbocycles. The van der Waals surface area contributed by atoms with E-state index in [9.17, 15) is 14.4 Å². The number of hydrogen-bond acceptors (Lipinski definition) is 5. The Hall–Kier alpha value is -3.75. The molecule has 2 amide bonds. The van der Waals surface area contributed by atoms with Crippen molar-refractivity contribution in [2.24, 2.45) is 0 Å². The van der Waals surface area contributed by atoms with Crippen LogP contribution in [0.15, 0.2) is 60.2 Å². The van der Waals surface area contributed by atoms with Crippen LogP contribution in [0.1, 0.15) is 34.2 Å². The number of aromatic nitrogens is 1. The number of hydrogen-bond donors (Lipinski definition) is 1. The van der Waals surface area contributed by atoms with Gasteiger partial charge in [0, 0.05) is 22.1 Å². The molecule has 0 radical (unpaired) electrons. The molecule has 35 heavy (non-hydrogen) atoms. The molecule has 3 aromatic rings. The molecule has 1 aliphatic heterocycles. The fourth-order valence-electron chi connectivity index (χ4n) is 3.95. The second-order valence-electron chi connectivity index (χ2n) is 7.87. The maximum atomic E-state index is 13.3. The summed E-state index contributed by atoms with van der Waals surface area (Å²) in [6.07, 6.45) is 1.56. The number of ether oxygens (including phenoxy) is 1. The van der Waals surface area contributed by atoms with Crippen LogP contribution in [-0.2, 0) is 14.3 Å². The van der Waals surface area contributed by atoms with E-state index in [-0.39, 0.29) is 16.7 Å². The molecule has 0 bridgehead atoms. The number of thiocarbonyl (C=S) groups is 1. The minimum absolute atomic E-state index is 0.00780. The lowest BCUT2D eigenvalue weighted by atomic mass is 10.1. The van der Waals surface area contributed by atoms with E-state index in [1.807, 2.05) is 36.6 Å². The first kappa shape index (κ1) is 24.4. The molecule has 0 saturated carbocycles. The second-order valence-corrected chi connectivity index (χ2v) is 8.69. The van der Waals surface area contributed by atoms with Gasteiger partial charge in [-0.05, 0) is 93.2 Å². The van der Waals surface area contributed by atoms with E-state index in [0.717, 1.165) is 17.1 Å². The number of amides is 2. The summed E-state index contributed by atoms with van der Waals surface area (Å²) < 4.78 is 7.02. The molecule has 1 N–H and O–H groups in total. The maximum absolute atomic E-state index is 13.3. The number of nitrogens with one attached hydrogen (secondary N) is 1. The molecule has 1 aliphatic rings. The van der Waals surface area contributed by atoms with Gasteiger partial charge in [-0.15, -0.1) is 0 Å². The average Bonchev–Trinajstić information content (AvgIpc) is 3.09. The van der Waals surface area contributed by atoms with Crippen molar-refractivity contribution in [1.29, 1.82) is 0 Å². The monoisotopic (exact) mass is 507 g/mol. The van der Waals surface area contributed by atoms with Crippen molar-refractivity contribution in [3.05, 3.63) is 87.7 Å². The number of carbonyl (C=O) groups excluding carboxylic acids is 3. The lowest BCUT2D eigenvalue weighted by molar-refractivity contribution is -0.122. The van der Waals surface area contributed by atoms with Gasteiger partial charge in [-0.3, -0.25) is 19.8 Å². The van der Waals surface area contributed by atoms with Crippen LogP contribution >= 0.6 is 23.8 Å². The summed E-state index contributed by atoms with van der Waals surface area (Å²) in [5.74, 6) is -1.49. The van der Waals surface area contributed by atoms with Gasteiger partial charge >= 0.3 is 5.97 Å². The highest BCUT2D eigenvalue weighted by Crippen LogP contribution is 2.27. The molecule has 1 saturated heterocycles. The number of benzene rings is 2. The van der Waals surface area contributed by atoms with Gasteiger partial charge in [0.2, 0.25) is 0 Å². The highest BCUT2D eigenvalue weighted by Gasteiger charge is 2.34. The van der Waals surface area contributed by atoms with E-state index in [1.54, 1.807) is 49.4 Å². The third-order valence-electron chi connectivity index (χ3n) is 5.57. The predicted molar refractivity (Wildman–Crippen MR) is 139 cm³/mol. The molecule has 1 aromatic heterocycles. The zero-order valence-corrected chi connectivity index (χ0v) is 20.9. The quantitative estimate of drug-likeness (QED) is 0.233. The third kappa shape index (κ3) is 4.76. The molecule has 178 valence electrons. The van der Waals surface area contributed by atoms with Gasteiger partial charge < -0.3 is 9.30 Å². The number of aryl methyl sites for hydroxylation is 1. The first-order chi connectivity index (χ1) is 16.7. The van der Waals surface area contributed by atoms with Crippen molar-refractivity contribution in [1.82, 2.24) is 9.88 Å². The zero-order chi connectivity index (χ0) is 25.3. The minimum atomic E-state index is -0.568. The lowest BCUT2D eigenvalue weighted by Gasteiger charge is -2.29. The number of rotatable bonds is 5. The van der Waals surface area contributed by atoms with Gasteiger partial charge in [0.05, 0.1) is 17.9 Å². The SMILES string of the molecule is CCOC(=O)c1ccc(-n2c(C)cc(C=C3C(=O)NC(=S)N(c4cccc(Cl)c4)C3=O)c2C)cc1. The van der Waals surface area contributed by atoms with Crippen molar-refractivity contribution in [3.63, 3.8) is 0 Å². The maximum Gasteiger partial charge on any atom is 0.338 e. The summed E-state index contributed by atoms with van der Waals surface area (Å²) in [6.45, 7) is 5.88. The van der Waals surface area contributed by atoms with Crippen molar-refractivity contribution < 1.29 is 19.1 Å². The van der Waals surface area contributed by atoms with Crippen LogP contribution in [0.2, 0.25) is 5.02 Å². The van der Waals surface area contributed by atoms with E-state index in [4.69, 9.17) is 28.6 Å². The Balaban J connectivity index is 1.70. The van der Waals surface area contributed by atoms with Gasteiger partial charge in [-0.25, -0.2) is 4.79 Å². The summed E-state index contributed by atoms with van der Waals surface area (Å²) in [5, 5.41) is 3.02. The highest BCUT2D eigenvalue weighted by molar-refractivity contribution is 7.80.